The molecule has 0 aliphatic heterocycles. The molecule has 0 aromatic heterocycles. The van der Waals surface area contributed by atoms with Crippen LogP contribution in [-0.2, 0) is 11.2 Å². The van der Waals surface area contributed by atoms with Crippen LogP contribution in [0.4, 0.5) is 4.39 Å². The molecule has 0 fully saturated rings. The number of rotatable bonds is 6. The van der Waals surface area contributed by atoms with E-state index in [-0.39, 0.29) is 5.82 Å². The van der Waals surface area contributed by atoms with Crippen LogP contribution in [0.5, 0.6) is 0 Å². The average Bonchev–Trinajstić information content (AvgIpc) is 2.21. The molecule has 1 nitrogen and oxygen atoms in total. The Morgan fingerprint density at radius 3 is 2.50 bits per heavy atom. The Labute approximate surface area is 96.7 Å². The molecule has 1 unspecified atom stereocenters. The van der Waals surface area contributed by atoms with Crippen molar-refractivity contribution in [2.75, 3.05) is 0 Å². The molecule has 1 aromatic carbocycles. The Morgan fingerprint density at radius 2 is 1.94 bits per heavy atom. The van der Waals surface area contributed by atoms with Gasteiger partial charge in [-0.1, -0.05) is 26.0 Å². The molecule has 88 valence electrons. The summed E-state index contributed by atoms with van der Waals surface area (Å²) in [5.74, 6) is 0.458. The third-order valence-corrected chi connectivity index (χ3v) is 2.60. The minimum absolute atomic E-state index is 0.210. The van der Waals surface area contributed by atoms with Crippen molar-refractivity contribution in [1.82, 2.24) is 0 Å². The number of ketones is 1. The van der Waals surface area contributed by atoms with Crippen LogP contribution in [0.3, 0.4) is 0 Å². The van der Waals surface area contributed by atoms with E-state index in [1.807, 2.05) is 6.92 Å². The monoisotopic (exact) mass is 222 g/mol. The predicted molar refractivity (Wildman–Crippen MR) is 63.8 cm³/mol. The van der Waals surface area contributed by atoms with Crippen molar-refractivity contribution in [3.63, 3.8) is 0 Å². The molecule has 1 atom stereocenters. The highest BCUT2D eigenvalue weighted by molar-refractivity contribution is 5.78. The number of benzene rings is 1. The van der Waals surface area contributed by atoms with Crippen LogP contribution in [0, 0.1) is 11.7 Å². The van der Waals surface area contributed by atoms with E-state index >= 15 is 0 Å². The summed E-state index contributed by atoms with van der Waals surface area (Å²) >= 11 is 0. The van der Waals surface area contributed by atoms with Gasteiger partial charge in [-0.25, -0.2) is 4.39 Å². The molecule has 0 radical (unpaired) electrons. The van der Waals surface area contributed by atoms with Crippen LogP contribution < -0.4 is 0 Å². The lowest BCUT2D eigenvalue weighted by molar-refractivity contribution is -0.119. The molecule has 0 saturated carbocycles. The van der Waals surface area contributed by atoms with E-state index in [4.69, 9.17) is 0 Å². The van der Waals surface area contributed by atoms with Gasteiger partial charge >= 0.3 is 0 Å². The number of carbonyl (C=O) groups excluding carboxylic acids is 1. The number of hydrogen-bond donors (Lipinski definition) is 0. The van der Waals surface area contributed by atoms with Crippen LogP contribution in [-0.4, -0.2) is 5.78 Å². The first-order valence-electron chi connectivity index (χ1n) is 5.88. The van der Waals surface area contributed by atoms with Gasteiger partial charge in [0.05, 0.1) is 0 Å². The molecule has 0 aliphatic carbocycles. The molecule has 2 heteroatoms. The van der Waals surface area contributed by atoms with Gasteiger partial charge in [0, 0.05) is 12.8 Å². The summed E-state index contributed by atoms with van der Waals surface area (Å²) in [5.41, 5.74) is 1.10. The van der Waals surface area contributed by atoms with Gasteiger partial charge in [0.2, 0.25) is 0 Å². The van der Waals surface area contributed by atoms with Gasteiger partial charge in [0.1, 0.15) is 11.6 Å². The zero-order chi connectivity index (χ0) is 12.0. The van der Waals surface area contributed by atoms with E-state index in [1.165, 1.54) is 12.1 Å². The molecular weight excluding hydrogens is 203 g/mol. The van der Waals surface area contributed by atoms with E-state index < -0.39 is 0 Å². The van der Waals surface area contributed by atoms with E-state index in [0.29, 0.717) is 24.5 Å². The zero-order valence-corrected chi connectivity index (χ0v) is 10.0. The highest BCUT2D eigenvalue weighted by Gasteiger charge is 2.09. The van der Waals surface area contributed by atoms with Crippen molar-refractivity contribution in [1.29, 1.82) is 0 Å². The molecule has 16 heavy (non-hydrogen) atoms. The van der Waals surface area contributed by atoms with Crippen molar-refractivity contribution < 1.29 is 9.18 Å². The molecule has 1 rings (SSSR count). The van der Waals surface area contributed by atoms with Gasteiger partial charge < -0.3 is 0 Å². The van der Waals surface area contributed by atoms with Crippen molar-refractivity contribution in [2.24, 2.45) is 5.92 Å². The van der Waals surface area contributed by atoms with E-state index in [9.17, 15) is 9.18 Å². The first-order chi connectivity index (χ1) is 7.61. The lowest BCUT2D eigenvalue weighted by atomic mass is 9.95. The quantitative estimate of drug-likeness (QED) is 0.716. The fraction of sp³-hybridized carbons (Fsp3) is 0.500. The molecule has 0 bridgehead atoms. The van der Waals surface area contributed by atoms with Crippen LogP contribution in [0.25, 0.3) is 0 Å². The molecule has 0 aliphatic rings. The first-order valence-corrected chi connectivity index (χ1v) is 5.88. The summed E-state index contributed by atoms with van der Waals surface area (Å²) < 4.78 is 12.7. The maximum absolute atomic E-state index is 12.7. The minimum Gasteiger partial charge on any atom is -0.300 e. The largest absolute Gasteiger partial charge is 0.300 e. The summed E-state index contributed by atoms with van der Waals surface area (Å²) in [6, 6.07) is 6.51. The lowest BCUT2D eigenvalue weighted by Gasteiger charge is -2.10. The second-order valence-corrected chi connectivity index (χ2v) is 4.43. The van der Waals surface area contributed by atoms with Gasteiger partial charge in [-0.15, -0.1) is 0 Å². The SMILES string of the molecule is CCCC(=O)CC(C)Cc1ccc(F)cc1. The van der Waals surface area contributed by atoms with Crippen molar-refractivity contribution in [3.05, 3.63) is 35.6 Å². The third-order valence-electron chi connectivity index (χ3n) is 2.60. The van der Waals surface area contributed by atoms with Crippen LogP contribution in [0.2, 0.25) is 0 Å². The summed E-state index contributed by atoms with van der Waals surface area (Å²) in [4.78, 5) is 11.4. The van der Waals surface area contributed by atoms with Gasteiger partial charge in [0.15, 0.2) is 0 Å². The standard InChI is InChI=1S/C14H19FO/c1-3-4-14(16)10-11(2)9-12-5-7-13(15)8-6-12/h5-8,11H,3-4,9-10H2,1-2H3. The summed E-state index contributed by atoms with van der Waals surface area (Å²) in [5, 5.41) is 0. The van der Waals surface area contributed by atoms with Crippen molar-refractivity contribution in [3.8, 4) is 0 Å². The predicted octanol–water partition coefficient (Wildman–Crippen LogP) is 3.76. The van der Waals surface area contributed by atoms with Gasteiger partial charge in [-0.3, -0.25) is 4.79 Å². The molecule has 0 N–H and O–H groups in total. The Kier molecular flexibility index (Phi) is 5.17. The van der Waals surface area contributed by atoms with Gasteiger partial charge in [0.25, 0.3) is 0 Å². The normalized spacial score (nSPS) is 12.4. The zero-order valence-electron chi connectivity index (χ0n) is 10.0. The van der Waals surface area contributed by atoms with E-state index in [0.717, 1.165) is 18.4 Å². The smallest absolute Gasteiger partial charge is 0.133 e. The van der Waals surface area contributed by atoms with Crippen LogP contribution >= 0.6 is 0 Å². The lowest BCUT2D eigenvalue weighted by Crippen LogP contribution is -2.07. The maximum Gasteiger partial charge on any atom is 0.133 e. The molecular formula is C14H19FO. The summed E-state index contributed by atoms with van der Waals surface area (Å²) in [6.07, 6.45) is 3.07. The second-order valence-electron chi connectivity index (χ2n) is 4.43. The van der Waals surface area contributed by atoms with E-state index in [2.05, 4.69) is 6.92 Å². The highest BCUT2D eigenvalue weighted by atomic mass is 19.1. The number of carbonyl (C=O) groups is 1. The average molecular weight is 222 g/mol. The fourth-order valence-corrected chi connectivity index (χ4v) is 1.86. The second kappa shape index (κ2) is 6.41. The minimum atomic E-state index is -0.210. The third kappa shape index (κ3) is 4.56. The maximum atomic E-state index is 12.7. The summed E-state index contributed by atoms with van der Waals surface area (Å²) in [6.45, 7) is 4.08. The van der Waals surface area contributed by atoms with Crippen molar-refractivity contribution in [2.45, 2.75) is 39.5 Å². The highest BCUT2D eigenvalue weighted by Crippen LogP contribution is 2.14. The Hall–Kier alpha value is -1.18. The van der Waals surface area contributed by atoms with Gasteiger partial charge in [-0.2, -0.15) is 0 Å². The number of hydrogen-bond acceptors (Lipinski definition) is 1. The van der Waals surface area contributed by atoms with Gasteiger partial charge in [-0.05, 0) is 36.5 Å². The van der Waals surface area contributed by atoms with Crippen LogP contribution in [0.1, 0.15) is 38.7 Å². The van der Waals surface area contributed by atoms with Crippen LogP contribution in [0.15, 0.2) is 24.3 Å². The first kappa shape index (κ1) is 12.9. The van der Waals surface area contributed by atoms with Crippen molar-refractivity contribution >= 4 is 5.78 Å². The fourth-order valence-electron chi connectivity index (χ4n) is 1.86. The Morgan fingerprint density at radius 1 is 1.31 bits per heavy atom. The molecule has 1 aromatic rings. The summed E-state index contributed by atoms with van der Waals surface area (Å²) in [7, 11) is 0. The molecule has 0 heterocycles. The molecule has 0 spiro atoms. The Bertz CT molecular complexity index is 329. The molecule has 0 amide bonds. The number of Topliss-reactive ketones (excluding diaryl/α,β-unsaturated/α-hetero) is 1. The van der Waals surface area contributed by atoms with E-state index in [1.54, 1.807) is 12.1 Å². The topological polar surface area (TPSA) is 17.1 Å². The Balaban J connectivity index is 2.42. The number of halogens is 1. The molecule has 0 saturated heterocycles.